The Kier molecular flexibility index (Phi) is 4.98. The molecule has 23 heavy (non-hydrogen) atoms. The molecule has 0 radical (unpaired) electrons. The number of hydrogen-bond acceptors (Lipinski definition) is 3. The molecular formula is C18H22FN3O. The van der Waals surface area contributed by atoms with Crippen LogP contribution in [0.3, 0.4) is 0 Å². The minimum absolute atomic E-state index is 0.184. The zero-order chi connectivity index (χ0) is 17.0. The number of hydrogen-bond donors (Lipinski definition) is 2. The van der Waals surface area contributed by atoms with Gasteiger partial charge in [-0.1, -0.05) is 6.92 Å². The van der Waals surface area contributed by atoms with Crippen molar-refractivity contribution in [3.63, 3.8) is 0 Å². The number of pyridine rings is 1. The first-order valence-corrected chi connectivity index (χ1v) is 7.63. The zero-order valence-corrected chi connectivity index (χ0v) is 13.9. The maximum atomic E-state index is 12.9. The minimum atomic E-state index is -0.801. The van der Waals surface area contributed by atoms with Crippen molar-refractivity contribution in [1.82, 2.24) is 4.98 Å². The molecule has 0 bridgehead atoms. The van der Waals surface area contributed by atoms with Crippen LogP contribution < -0.4 is 10.6 Å². The predicted octanol–water partition coefficient (Wildman–Crippen LogP) is 3.74. The molecule has 2 aromatic rings. The summed E-state index contributed by atoms with van der Waals surface area (Å²) in [5.41, 5.74) is 2.35. The first-order chi connectivity index (χ1) is 10.9. The van der Waals surface area contributed by atoms with Crippen LogP contribution in [0.2, 0.25) is 0 Å². The maximum Gasteiger partial charge on any atom is 0.236 e. The van der Waals surface area contributed by atoms with Crippen molar-refractivity contribution in [2.75, 3.05) is 17.7 Å². The summed E-state index contributed by atoms with van der Waals surface area (Å²) in [6, 6.07) is 9.51. The fourth-order valence-electron chi connectivity index (χ4n) is 2.28. The number of aryl methyl sites for hydroxylation is 1. The topological polar surface area (TPSA) is 54.0 Å². The van der Waals surface area contributed by atoms with E-state index in [2.05, 4.69) is 15.6 Å². The SMILES string of the molecule is CCc1nc(C(C)(C)C(=O)Nc2ccc(F)cc2)ccc1NC. The van der Waals surface area contributed by atoms with Crippen LogP contribution in [0.4, 0.5) is 15.8 Å². The molecule has 2 N–H and O–H groups in total. The average Bonchev–Trinajstić information content (AvgIpc) is 2.56. The van der Waals surface area contributed by atoms with Gasteiger partial charge in [-0.3, -0.25) is 9.78 Å². The lowest BCUT2D eigenvalue weighted by molar-refractivity contribution is -0.120. The predicted molar refractivity (Wildman–Crippen MR) is 91.2 cm³/mol. The summed E-state index contributed by atoms with van der Waals surface area (Å²) in [5, 5.41) is 5.91. The van der Waals surface area contributed by atoms with E-state index in [1.165, 1.54) is 24.3 Å². The summed E-state index contributed by atoms with van der Waals surface area (Å²) in [5.74, 6) is -0.518. The first kappa shape index (κ1) is 16.9. The quantitative estimate of drug-likeness (QED) is 0.883. The molecular weight excluding hydrogens is 293 g/mol. The fourth-order valence-corrected chi connectivity index (χ4v) is 2.28. The lowest BCUT2D eigenvalue weighted by atomic mass is 9.87. The van der Waals surface area contributed by atoms with Gasteiger partial charge in [-0.05, 0) is 56.7 Å². The van der Waals surface area contributed by atoms with E-state index in [0.717, 1.165) is 17.8 Å². The van der Waals surface area contributed by atoms with Gasteiger partial charge in [0.05, 0.1) is 22.5 Å². The van der Waals surface area contributed by atoms with E-state index < -0.39 is 5.41 Å². The number of amides is 1. The largest absolute Gasteiger partial charge is 0.387 e. The third kappa shape index (κ3) is 3.67. The van der Waals surface area contributed by atoms with Gasteiger partial charge in [-0.15, -0.1) is 0 Å². The molecule has 1 amide bonds. The monoisotopic (exact) mass is 315 g/mol. The van der Waals surface area contributed by atoms with Crippen LogP contribution in [0, 0.1) is 5.82 Å². The van der Waals surface area contributed by atoms with Gasteiger partial charge in [0.1, 0.15) is 5.82 Å². The summed E-state index contributed by atoms with van der Waals surface area (Å²) in [7, 11) is 1.85. The van der Waals surface area contributed by atoms with E-state index in [9.17, 15) is 9.18 Å². The summed E-state index contributed by atoms with van der Waals surface area (Å²) in [6.07, 6.45) is 0.777. The van der Waals surface area contributed by atoms with Crippen LogP contribution in [0.1, 0.15) is 32.2 Å². The number of halogens is 1. The third-order valence-electron chi connectivity index (χ3n) is 3.89. The molecule has 2 rings (SSSR count). The molecule has 0 atom stereocenters. The molecule has 0 aliphatic rings. The van der Waals surface area contributed by atoms with E-state index in [4.69, 9.17) is 0 Å². The van der Waals surface area contributed by atoms with E-state index in [1.807, 2.05) is 40.0 Å². The Morgan fingerprint density at radius 3 is 2.39 bits per heavy atom. The van der Waals surface area contributed by atoms with Gasteiger partial charge in [0.25, 0.3) is 0 Å². The molecule has 0 unspecified atom stereocenters. The molecule has 1 aromatic heterocycles. The Hall–Kier alpha value is -2.43. The number of aromatic nitrogens is 1. The van der Waals surface area contributed by atoms with Crippen molar-refractivity contribution in [2.45, 2.75) is 32.6 Å². The number of benzene rings is 1. The molecule has 0 aliphatic heterocycles. The van der Waals surface area contributed by atoms with Crippen LogP contribution >= 0.6 is 0 Å². The average molecular weight is 315 g/mol. The Labute approximate surface area is 136 Å². The second-order valence-corrected chi connectivity index (χ2v) is 5.88. The molecule has 1 aromatic carbocycles. The number of anilines is 2. The normalized spacial score (nSPS) is 11.2. The summed E-state index contributed by atoms with van der Waals surface area (Å²) in [4.78, 5) is 17.2. The number of carbonyl (C=O) groups excluding carboxylic acids is 1. The number of nitrogens with zero attached hydrogens (tertiary/aromatic N) is 1. The Morgan fingerprint density at radius 1 is 1.17 bits per heavy atom. The second-order valence-electron chi connectivity index (χ2n) is 5.88. The van der Waals surface area contributed by atoms with Gasteiger partial charge in [0, 0.05) is 12.7 Å². The van der Waals surface area contributed by atoms with E-state index >= 15 is 0 Å². The third-order valence-corrected chi connectivity index (χ3v) is 3.89. The fraction of sp³-hybridized carbons (Fsp3) is 0.333. The van der Waals surface area contributed by atoms with E-state index in [-0.39, 0.29) is 11.7 Å². The van der Waals surface area contributed by atoms with Gasteiger partial charge in [-0.2, -0.15) is 0 Å². The molecule has 0 spiro atoms. The molecule has 0 aliphatic carbocycles. The smallest absolute Gasteiger partial charge is 0.236 e. The molecule has 0 fully saturated rings. The summed E-state index contributed by atoms with van der Waals surface area (Å²) >= 11 is 0. The van der Waals surface area contributed by atoms with Gasteiger partial charge >= 0.3 is 0 Å². The van der Waals surface area contributed by atoms with Crippen molar-refractivity contribution in [3.8, 4) is 0 Å². The van der Waals surface area contributed by atoms with Crippen molar-refractivity contribution >= 4 is 17.3 Å². The van der Waals surface area contributed by atoms with Crippen molar-refractivity contribution in [3.05, 3.63) is 53.6 Å². The van der Waals surface area contributed by atoms with Gasteiger partial charge < -0.3 is 10.6 Å². The van der Waals surface area contributed by atoms with Crippen molar-refractivity contribution < 1.29 is 9.18 Å². The molecule has 5 heteroatoms. The van der Waals surface area contributed by atoms with Crippen LogP contribution in [-0.2, 0) is 16.6 Å². The Morgan fingerprint density at radius 2 is 1.83 bits per heavy atom. The Bertz CT molecular complexity index is 696. The lowest BCUT2D eigenvalue weighted by Gasteiger charge is -2.24. The molecule has 0 saturated heterocycles. The number of rotatable bonds is 5. The van der Waals surface area contributed by atoms with Crippen LogP contribution in [0.5, 0.6) is 0 Å². The highest BCUT2D eigenvalue weighted by Gasteiger charge is 2.31. The molecule has 122 valence electrons. The highest BCUT2D eigenvalue weighted by molar-refractivity contribution is 5.98. The first-order valence-electron chi connectivity index (χ1n) is 7.63. The van der Waals surface area contributed by atoms with Crippen molar-refractivity contribution in [1.29, 1.82) is 0 Å². The standard InChI is InChI=1S/C18H22FN3O/c1-5-14-15(20-4)10-11-16(22-14)18(2,3)17(23)21-13-8-6-12(19)7-9-13/h6-11,20H,5H2,1-4H3,(H,21,23). The molecule has 1 heterocycles. The van der Waals surface area contributed by atoms with Gasteiger partial charge in [0.15, 0.2) is 0 Å². The van der Waals surface area contributed by atoms with Crippen molar-refractivity contribution in [2.24, 2.45) is 0 Å². The minimum Gasteiger partial charge on any atom is -0.387 e. The van der Waals surface area contributed by atoms with Gasteiger partial charge in [-0.25, -0.2) is 4.39 Å². The van der Waals surface area contributed by atoms with Crippen LogP contribution in [-0.4, -0.2) is 17.9 Å². The zero-order valence-electron chi connectivity index (χ0n) is 13.9. The van der Waals surface area contributed by atoms with E-state index in [0.29, 0.717) is 11.4 Å². The maximum absolute atomic E-state index is 12.9. The van der Waals surface area contributed by atoms with Crippen LogP contribution in [0.25, 0.3) is 0 Å². The van der Waals surface area contributed by atoms with E-state index in [1.54, 1.807) is 0 Å². The van der Waals surface area contributed by atoms with Gasteiger partial charge in [0.2, 0.25) is 5.91 Å². The number of nitrogens with one attached hydrogen (secondary N) is 2. The highest BCUT2D eigenvalue weighted by Crippen LogP contribution is 2.26. The lowest BCUT2D eigenvalue weighted by Crippen LogP contribution is -2.35. The number of carbonyl (C=O) groups is 1. The highest BCUT2D eigenvalue weighted by atomic mass is 19.1. The van der Waals surface area contributed by atoms with Crippen LogP contribution in [0.15, 0.2) is 36.4 Å². The summed E-state index contributed by atoms with van der Waals surface area (Å²) in [6.45, 7) is 5.68. The second kappa shape index (κ2) is 6.77. The summed E-state index contributed by atoms with van der Waals surface area (Å²) < 4.78 is 12.9. The Balaban J connectivity index is 2.26. The molecule has 0 saturated carbocycles. The molecule has 4 nitrogen and oxygen atoms in total.